The Morgan fingerprint density at radius 3 is 2.09 bits per heavy atom. The molecule has 2 atom stereocenters. The van der Waals surface area contributed by atoms with Gasteiger partial charge in [0.1, 0.15) is 0 Å². The van der Waals surface area contributed by atoms with E-state index in [9.17, 15) is 9.59 Å². The van der Waals surface area contributed by atoms with E-state index in [1.165, 1.54) is 12.2 Å². The van der Waals surface area contributed by atoms with Crippen LogP contribution < -0.4 is 10.6 Å². The lowest BCUT2D eigenvalue weighted by atomic mass is 9.84. The molecule has 0 heterocycles. The summed E-state index contributed by atoms with van der Waals surface area (Å²) >= 11 is 0. The number of carbonyl (C=O) groups is 2. The van der Waals surface area contributed by atoms with Crippen molar-refractivity contribution in [3.8, 4) is 0 Å². The highest BCUT2D eigenvalue weighted by atomic mass is 16.7. The van der Waals surface area contributed by atoms with Gasteiger partial charge in [0.25, 0.3) is 5.91 Å². The summed E-state index contributed by atoms with van der Waals surface area (Å²) in [4.78, 5) is 29.3. The zero-order chi connectivity index (χ0) is 18.4. The molecule has 0 unspecified atom stereocenters. The third kappa shape index (κ3) is 6.71. The van der Waals surface area contributed by atoms with Crippen LogP contribution in [0.4, 0.5) is 0 Å². The Labute approximate surface area is 140 Å². The van der Waals surface area contributed by atoms with Crippen molar-refractivity contribution >= 4 is 11.8 Å². The average Bonchev–Trinajstić information content (AvgIpc) is 2.46. The molecule has 0 rings (SSSR count). The number of hydroxylamine groups is 2. The van der Waals surface area contributed by atoms with Gasteiger partial charge in [0.05, 0.1) is 13.2 Å². The standard InChI is InChI=1S/C17H33N3O3/c1-11(2)13(10-12(3)16(22)20(8)23-9)19-14(15(21)18-7)17(4,5)6/h10-11,13-14,19H,1-9H3,(H,18,21)/b12-10+/t13-,14-/m1/s1. The molecule has 0 aliphatic rings. The van der Waals surface area contributed by atoms with Gasteiger partial charge < -0.3 is 5.32 Å². The Bertz CT molecular complexity index is 439. The van der Waals surface area contributed by atoms with Crippen LogP contribution in [0.5, 0.6) is 0 Å². The van der Waals surface area contributed by atoms with Crippen LogP contribution >= 0.6 is 0 Å². The van der Waals surface area contributed by atoms with E-state index in [1.54, 1.807) is 21.0 Å². The molecule has 23 heavy (non-hydrogen) atoms. The van der Waals surface area contributed by atoms with Crippen LogP contribution in [0.2, 0.25) is 0 Å². The number of hydrogen-bond acceptors (Lipinski definition) is 4. The fraction of sp³-hybridized carbons (Fsp3) is 0.765. The molecule has 0 aromatic heterocycles. The van der Waals surface area contributed by atoms with Gasteiger partial charge in [-0.3, -0.25) is 19.7 Å². The molecular weight excluding hydrogens is 294 g/mol. The van der Waals surface area contributed by atoms with E-state index in [0.717, 1.165) is 0 Å². The number of rotatable bonds is 7. The third-order valence-corrected chi connectivity index (χ3v) is 3.78. The van der Waals surface area contributed by atoms with Gasteiger partial charge in [-0.1, -0.05) is 40.7 Å². The number of likely N-dealkylation sites (N-methyl/N-ethyl adjacent to an activating group) is 2. The first kappa shape index (κ1) is 21.6. The van der Waals surface area contributed by atoms with Crippen molar-refractivity contribution in [2.45, 2.75) is 53.6 Å². The molecule has 2 amide bonds. The van der Waals surface area contributed by atoms with E-state index in [2.05, 4.69) is 24.5 Å². The minimum Gasteiger partial charge on any atom is -0.358 e. The summed E-state index contributed by atoms with van der Waals surface area (Å²) in [6, 6.07) is -0.468. The van der Waals surface area contributed by atoms with E-state index in [4.69, 9.17) is 4.84 Å². The zero-order valence-electron chi connectivity index (χ0n) is 16.0. The topological polar surface area (TPSA) is 70.7 Å². The molecule has 0 saturated carbocycles. The van der Waals surface area contributed by atoms with Crippen molar-refractivity contribution in [1.82, 2.24) is 15.7 Å². The Hall–Kier alpha value is -1.40. The number of nitrogens with one attached hydrogen (secondary N) is 2. The van der Waals surface area contributed by atoms with Gasteiger partial charge in [-0.05, 0) is 18.3 Å². The summed E-state index contributed by atoms with van der Waals surface area (Å²) in [5.74, 6) is -0.0400. The molecule has 0 spiro atoms. The molecule has 0 saturated heterocycles. The summed E-state index contributed by atoms with van der Waals surface area (Å²) in [7, 11) is 4.65. The normalized spacial score (nSPS) is 15.3. The molecule has 0 aliphatic carbocycles. The Kier molecular flexibility index (Phi) is 8.48. The molecule has 2 N–H and O–H groups in total. The first-order chi connectivity index (χ1) is 10.4. The van der Waals surface area contributed by atoms with Crippen molar-refractivity contribution in [2.24, 2.45) is 11.3 Å². The van der Waals surface area contributed by atoms with Crippen LogP contribution in [0.25, 0.3) is 0 Å². The van der Waals surface area contributed by atoms with Crippen LogP contribution in [0, 0.1) is 11.3 Å². The fourth-order valence-electron chi connectivity index (χ4n) is 2.16. The predicted octanol–water partition coefficient (Wildman–Crippen LogP) is 1.73. The highest BCUT2D eigenvalue weighted by molar-refractivity contribution is 5.92. The average molecular weight is 327 g/mol. The van der Waals surface area contributed by atoms with Crippen molar-refractivity contribution in [3.63, 3.8) is 0 Å². The number of amides is 2. The Balaban J connectivity index is 5.41. The molecule has 0 aliphatic heterocycles. The van der Waals surface area contributed by atoms with Gasteiger partial charge in [-0.25, -0.2) is 5.06 Å². The van der Waals surface area contributed by atoms with E-state index in [0.29, 0.717) is 5.57 Å². The maximum Gasteiger partial charge on any atom is 0.272 e. The van der Waals surface area contributed by atoms with Gasteiger partial charge in [-0.15, -0.1) is 0 Å². The van der Waals surface area contributed by atoms with Crippen molar-refractivity contribution < 1.29 is 14.4 Å². The second kappa shape index (κ2) is 9.03. The third-order valence-electron chi connectivity index (χ3n) is 3.78. The maximum absolute atomic E-state index is 12.2. The largest absolute Gasteiger partial charge is 0.358 e. The predicted molar refractivity (Wildman–Crippen MR) is 92.6 cm³/mol. The molecule has 0 fully saturated rings. The molecule has 6 heteroatoms. The molecular formula is C17H33N3O3. The number of carbonyl (C=O) groups excluding carboxylic acids is 2. The lowest BCUT2D eigenvalue weighted by molar-refractivity contribution is -0.163. The van der Waals surface area contributed by atoms with Crippen molar-refractivity contribution in [2.75, 3.05) is 21.2 Å². The first-order valence-electron chi connectivity index (χ1n) is 7.93. The quantitative estimate of drug-likeness (QED) is 0.552. The number of hydrogen-bond donors (Lipinski definition) is 2. The van der Waals surface area contributed by atoms with E-state index in [-0.39, 0.29) is 35.2 Å². The molecule has 0 aromatic rings. The van der Waals surface area contributed by atoms with Gasteiger partial charge in [0.2, 0.25) is 5.91 Å². The van der Waals surface area contributed by atoms with Crippen LogP contribution in [0.3, 0.4) is 0 Å². The monoisotopic (exact) mass is 327 g/mol. The van der Waals surface area contributed by atoms with Crippen LogP contribution in [-0.4, -0.2) is 50.2 Å². The Morgan fingerprint density at radius 2 is 1.74 bits per heavy atom. The number of nitrogens with zero attached hydrogens (tertiary/aromatic N) is 1. The zero-order valence-corrected chi connectivity index (χ0v) is 16.0. The highest BCUT2D eigenvalue weighted by Gasteiger charge is 2.32. The van der Waals surface area contributed by atoms with Gasteiger partial charge in [-0.2, -0.15) is 0 Å². The van der Waals surface area contributed by atoms with Gasteiger partial charge >= 0.3 is 0 Å². The van der Waals surface area contributed by atoms with Gasteiger partial charge in [0.15, 0.2) is 0 Å². The minimum absolute atomic E-state index is 0.0606. The lowest BCUT2D eigenvalue weighted by Gasteiger charge is -2.34. The van der Waals surface area contributed by atoms with Gasteiger partial charge in [0, 0.05) is 25.7 Å². The SMILES string of the molecule is CNC(=O)[C@@H](N[C@H](/C=C(\C)C(=O)N(C)OC)C(C)C)C(C)(C)C. The molecule has 0 aromatic carbocycles. The molecule has 0 radical (unpaired) electrons. The summed E-state index contributed by atoms with van der Waals surface area (Å²) in [5, 5.41) is 7.27. The van der Waals surface area contributed by atoms with E-state index >= 15 is 0 Å². The summed E-state index contributed by atoms with van der Waals surface area (Å²) in [6.07, 6.45) is 1.87. The van der Waals surface area contributed by atoms with Crippen molar-refractivity contribution in [3.05, 3.63) is 11.6 Å². The highest BCUT2D eigenvalue weighted by Crippen LogP contribution is 2.21. The fourth-order valence-corrected chi connectivity index (χ4v) is 2.16. The first-order valence-corrected chi connectivity index (χ1v) is 7.93. The molecule has 134 valence electrons. The maximum atomic E-state index is 12.2. The van der Waals surface area contributed by atoms with Crippen LogP contribution in [0.15, 0.2) is 11.6 Å². The second-order valence-corrected chi connectivity index (χ2v) is 7.18. The van der Waals surface area contributed by atoms with Crippen LogP contribution in [0.1, 0.15) is 41.5 Å². The molecule has 0 bridgehead atoms. The van der Waals surface area contributed by atoms with E-state index < -0.39 is 0 Å². The summed E-state index contributed by atoms with van der Waals surface area (Å²) in [6.45, 7) is 11.9. The molecule has 6 nitrogen and oxygen atoms in total. The Morgan fingerprint density at radius 1 is 1.22 bits per heavy atom. The lowest BCUT2D eigenvalue weighted by Crippen LogP contribution is -2.55. The second-order valence-electron chi connectivity index (χ2n) is 7.18. The van der Waals surface area contributed by atoms with Crippen LogP contribution in [-0.2, 0) is 14.4 Å². The summed E-state index contributed by atoms with van der Waals surface area (Å²) < 4.78 is 0. The van der Waals surface area contributed by atoms with E-state index in [1.807, 2.05) is 26.8 Å². The summed E-state index contributed by atoms with van der Waals surface area (Å²) in [5.41, 5.74) is 0.326. The van der Waals surface area contributed by atoms with Crippen molar-refractivity contribution in [1.29, 1.82) is 0 Å². The minimum atomic E-state index is -0.362. The smallest absolute Gasteiger partial charge is 0.272 e.